The summed E-state index contributed by atoms with van der Waals surface area (Å²) in [6, 6.07) is 2.02. The highest BCUT2D eigenvalue weighted by molar-refractivity contribution is 7.10. The number of rotatable bonds is 7. The number of aliphatic hydroxyl groups is 1. The fraction of sp³-hybridized carbons (Fsp3) is 0.636. The van der Waals surface area contributed by atoms with Gasteiger partial charge in [0.05, 0.1) is 19.3 Å². The van der Waals surface area contributed by atoms with Crippen LogP contribution in [0.2, 0.25) is 0 Å². The van der Waals surface area contributed by atoms with Crippen LogP contribution in [0.4, 0.5) is 0 Å². The van der Waals surface area contributed by atoms with E-state index >= 15 is 0 Å². The number of methoxy groups -OCH3 is 1. The molecule has 0 fully saturated rings. The summed E-state index contributed by atoms with van der Waals surface area (Å²) in [4.78, 5) is 1.23. The van der Waals surface area contributed by atoms with Crippen molar-refractivity contribution in [2.24, 2.45) is 0 Å². The lowest BCUT2D eigenvalue weighted by Crippen LogP contribution is -2.06. The molecule has 1 aromatic rings. The Kier molecular flexibility index (Phi) is 5.86. The van der Waals surface area contributed by atoms with E-state index in [9.17, 15) is 5.11 Å². The lowest BCUT2D eigenvalue weighted by atomic mass is 10.1. The van der Waals surface area contributed by atoms with E-state index in [0.717, 1.165) is 5.56 Å². The van der Waals surface area contributed by atoms with Crippen molar-refractivity contribution in [2.45, 2.75) is 19.4 Å². The molecule has 1 heterocycles. The molecule has 0 bridgehead atoms. The molecular formula is C11H18O3S. The molecule has 1 atom stereocenters. The molecule has 4 heteroatoms. The Morgan fingerprint density at radius 3 is 2.80 bits per heavy atom. The summed E-state index contributed by atoms with van der Waals surface area (Å²) in [6.07, 6.45) is 0.234. The van der Waals surface area contributed by atoms with E-state index < -0.39 is 6.10 Å². The molecule has 0 radical (unpaired) electrons. The maximum atomic E-state index is 9.79. The van der Waals surface area contributed by atoms with Crippen LogP contribution in [0.15, 0.2) is 11.4 Å². The van der Waals surface area contributed by atoms with Crippen LogP contribution in [0.25, 0.3) is 0 Å². The molecule has 0 aromatic carbocycles. The Balaban J connectivity index is 2.16. The molecule has 15 heavy (non-hydrogen) atoms. The first-order valence-corrected chi connectivity index (χ1v) is 5.91. The fourth-order valence-corrected chi connectivity index (χ4v) is 2.00. The Morgan fingerprint density at radius 1 is 1.40 bits per heavy atom. The summed E-state index contributed by atoms with van der Waals surface area (Å²) in [7, 11) is 1.65. The van der Waals surface area contributed by atoms with E-state index in [2.05, 4.69) is 0 Å². The SMILES string of the molecule is COCCOCCC(O)c1csc(C)c1. The summed E-state index contributed by atoms with van der Waals surface area (Å²) in [5, 5.41) is 11.8. The number of hydrogen-bond acceptors (Lipinski definition) is 4. The zero-order chi connectivity index (χ0) is 11.1. The maximum absolute atomic E-state index is 9.79. The second-order valence-corrected chi connectivity index (χ2v) is 4.52. The molecule has 0 aliphatic heterocycles. The van der Waals surface area contributed by atoms with Gasteiger partial charge >= 0.3 is 0 Å². The molecule has 1 rings (SSSR count). The van der Waals surface area contributed by atoms with Gasteiger partial charge in [0, 0.05) is 25.0 Å². The first-order valence-electron chi connectivity index (χ1n) is 5.04. The van der Waals surface area contributed by atoms with Gasteiger partial charge in [0.1, 0.15) is 0 Å². The molecule has 0 aliphatic carbocycles. The molecule has 86 valence electrons. The van der Waals surface area contributed by atoms with Crippen molar-refractivity contribution in [3.63, 3.8) is 0 Å². The van der Waals surface area contributed by atoms with Gasteiger partial charge in [-0.2, -0.15) is 0 Å². The highest BCUT2D eigenvalue weighted by Crippen LogP contribution is 2.22. The summed E-state index contributed by atoms with van der Waals surface area (Å²) in [5.74, 6) is 0. The topological polar surface area (TPSA) is 38.7 Å². The largest absolute Gasteiger partial charge is 0.388 e. The zero-order valence-corrected chi connectivity index (χ0v) is 10.0. The van der Waals surface area contributed by atoms with E-state index in [1.165, 1.54) is 4.88 Å². The van der Waals surface area contributed by atoms with Crippen molar-refractivity contribution in [3.05, 3.63) is 21.9 Å². The Hall–Kier alpha value is -0.420. The normalized spacial score (nSPS) is 13.0. The quantitative estimate of drug-likeness (QED) is 0.729. The molecule has 1 N–H and O–H groups in total. The van der Waals surface area contributed by atoms with Crippen LogP contribution in [0, 0.1) is 6.92 Å². The van der Waals surface area contributed by atoms with Crippen molar-refractivity contribution >= 4 is 11.3 Å². The van der Waals surface area contributed by atoms with Crippen molar-refractivity contribution in [3.8, 4) is 0 Å². The van der Waals surface area contributed by atoms with Crippen LogP contribution < -0.4 is 0 Å². The lowest BCUT2D eigenvalue weighted by molar-refractivity contribution is 0.0476. The molecule has 0 saturated heterocycles. The molecule has 3 nitrogen and oxygen atoms in total. The third kappa shape index (κ3) is 4.75. The third-order valence-electron chi connectivity index (χ3n) is 2.10. The molecule has 1 unspecified atom stereocenters. The second kappa shape index (κ2) is 6.95. The van der Waals surface area contributed by atoms with Gasteiger partial charge in [-0.1, -0.05) is 0 Å². The van der Waals surface area contributed by atoms with E-state index in [1.54, 1.807) is 18.4 Å². The predicted molar refractivity (Wildman–Crippen MR) is 61.3 cm³/mol. The van der Waals surface area contributed by atoms with Crippen molar-refractivity contribution in [1.82, 2.24) is 0 Å². The summed E-state index contributed by atoms with van der Waals surface area (Å²) in [5.41, 5.74) is 0.993. The van der Waals surface area contributed by atoms with E-state index in [-0.39, 0.29) is 0 Å². The standard InChI is InChI=1S/C11H18O3S/c1-9-7-10(8-15-9)11(12)3-4-14-6-5-13-2/h7-8,11-12H,3-6H2,1-2H3. The Labute approximate surface area is 94.6 Å². The van der Waals surface area contributed by atoms with Gasteiger partial charge in [-0.3, -0.25) is 0 Å². The highest BCUT2D eigenvalue weighted by Gasteiger charge is 2.08. The molecular weight excluding hydrogens is 212 g/mol. The Morgan fingerprint density at radius 2 is 2.20 bits per heavy atom. The predicted octanol–water partition coefficient (Wildman–Crippen LogP) is 2.14. The fourth-order valence-electron chi connectivity index (χ4n) is 1.24. The van der Waals surface area contributed by atoms with Crippen LogP contribution in [0.5, 0.6) is 0 Å². The second-order valence-electron chi connectivity index (χ2n) is 3.40. The van der Waals surface area contributed by atoms with Crippen molar-refractivity contribution in [1.29, 1.82) is 0 Å². The van der Waals surface area contributed by atoms with Crippen molar-refractivity contribution < 1.29 is 14.6 Å². The van der Waals surface area contributed by atoms with E-state index in [1.807, 2.05) is 18.4 Å². The van der Waals surface area contributed by atoms with Crippen molar-refractivity contribution in [2.75, 3.05) is 26.9 Å². The van der Waals surface area contributed by atoms with Crippen LogP contribution in [0.3, 0.4) is 0 Å². The first-order chi connectivity index (χ1) is 7.24. The van der Waals surface area contributed by atoms with Gasteiger partial charge in [-0.15, -0.1) is 11.3 Å². The number of hydrogen-bond donors (Lipinski definition) is 1. The summed E-state index contributed by atoms with van der Waals surface area (Å²) >= 11 is 1.66. The minimum absolute atomic E-state index is 0.405. The Bertz CT molecular complexity index is 273. The van der Waals surface area contributed by atoms with E-state index in [4.69, 9.17) is 9.47 Å². The molecule has 0 aliphatic rings. The van der Waals surface area contributed by atoms with Crippen LogP contribution in [0.1, 0.15) is 23.0 Å². The van der Waals surface area contributed by atoms with Crippen LogP contribution in [-0.2, 0) is 9.47 Å². The highest BCUT2D eigenvalue weighted by atomic mass is 32.1. The monoisotopic (exact) mass is 230 g/mol. The lowest BCUT2D eigenvalue weighted by Gasteiger charge is -2.08. The van der Waals surface area contributed by atoms with E-state index in [0.29, 0.717) is 26.2 Å². The minimum Gasteiger partial charge on any atom is -0.388 e. The average molecular weight is 230 g/mol. The summed E-state index contributed by atoms with van der Waals surface area (Å²) in [6.45, 7) is 3.80. The number of aliphatic hydroxyl groups excluding tert-OH is 1. The van der Waals surface area contributed by atoms with Crippen LogP contribution in [-0.4, -0.2) is 32.0 Å². The molecule has 0 saturated carbocycles. The molecule has 0 amide bonds. The minimum atomic E-state index is -0.405. The molecule has 0 spiro atoms. The van der Waals surface area contributed by atoms with Gasteiger partial charge in [-0.25, -0.2) is 0 Å². The number of aryl methyl sites for hydroxylation is 1. The summed E-state index contributed by atoms with van der Waals surface area (Å²) < 4.78 is 10.1. The smallest absolute Gasteiger partial charge is 0.0820 e. The van der Waals surface area contributed by atoms with Gasteiger partial charge in [0.2, 0.25) is 0 Å². The van der Waals surface area contributed by atoms with Gasteiger partial charge in [0.25, 0.3) is 0 Å². The zero-order valence-electron chi connectivity index (χ0n) is 9.23. The van der Waals surface area contributed by atoms with Crippen LogP contribution >= 0.6 is 11.3 Å². The van der Waals surface area contributed by atoms with Gasteiger partial charge in [0.15, 0.2) is 0 Å². The third-order valence-corrected chi connectivity index (χ3v) is 2.98. The number of thiophene rings is 1. The number of ether oxygens (including phenoxy) is 2. The van der Waals surface area contributed by atoms with Gasteiger partial charge in [-0.05, 0) is 23.9 Å². The van der Waals surface area contributed by atoms with Gasteiger partial charge < -0.3 is 14.6 Å². The molecule has 1 aromatic heterocycles. The maximum Gasteiger partial charge on any atom is 0.0820 e. The average Bonchev–Trinajstić information content (AvgIpc) is 2.64. The first kappa shape index (κ1) is 12.6.